The molecule has 0 aliphatic carbocycles. The summed E-state index contributed by atoms with van der Waals surface area (Å²) in [6.45, 7) is 0.268. The van der Waals surface area contributed by atoms with Crippen LogP contribution in [0.15, 0.2) is 115 Å². The third-order valence-electron chi connectivity index (χ3n) is 6.84. The van der Waals surface area contributed by atoms with Gasteiger partial charge in [0.05, 0.1) is 16.6 Å². The number of halogens is 2. The van der Waals surface area contributed by atoms with Gasteiger partial charge in [-0.15, -0.1) is 0 Å². The van der Waals surface area contributed by atoms with E-state index in [0.29, 0.717) is 28.1 Å². The van der Waals surface area contributed by atoms with Gasteiger partial charge in [0.15, 0.2) is 0 Å². The molecule has 1 fully saturated rings. The number of ether oxygens (including phenoxy) is 1. The second-order valence-electron chi connectivity index (χ2n) is 9.85. The van der Waals surface area contributed by atoms with Crippen LogP contribution in [0.2, 0.25) is 10.0 Å². The van der Waals surface area contributed by atoms with E-state index < -0.39 is 35.4 Å². The summed E-state index contributed by atoms with van der Waals surface area (Å²) in [6, 6.07) is 25.6. The molecule has 1 unspecified atom stereocenters. The minimum absolute atomic E-state index is 0.134. The summed E-state index contributed by atoms with van der Waals surface area (Å²) in [6.07, 6.45) is 1.52. The van der Waals surface area contributed by atoms with Gasteiger partial charge in [-0.2, -0.15) is 0 Å². The van der Waals surface area contributed by atoms with Gasteiger partial charge in [-0.05, 0) is 53.6 Å². The molecule has 1 aliphatic heterocycles. The van der Waals surface area contributed by atoms with Crippen LogP contribution in [0.1, 0.15) is 22.7 Å². The molecular formula is C34H24Cl2N2O7. The molecule has 0 radical (unpaired) electrons. The fourth-order valence-corrected chi connectivity index (χ4v) is 5.14. The Balaban J connectivity index is 1.52. The Labute approximate surface area is 267 Å². The van der Waals surface area contributed by atoms with E-state index in [9.17, 15) is 24.3 Å². The smallest absolute Gasteiger partial charge is 0.328 e. The van der Waals surface area contributed by atoms with Crippen LogP contribution in [0.5, 0.6) is 5.75 Å². The molecule has 226 valence electrons. The molecule has 3 N–H and O–H groups in total. The van der Waals surface area contributed by atoms with E-state index in [2.05, 4.69) is 5.32 Å². The molecule has 0 saturated carbocycles. The van der Waals surface area contributed by atoms with Gasteiger partial charge in [0.25, 0.3) is 11.7 Å². The van der Waals surface area contributed by atoms with Crippen molar-refractivity contribution in [2.24, 2.45) is 0 Å². The van der Waals surface area contributed by atoms with Crippen LogP contribution in [0, 0.1) is 0 Å². The van der Waals surface area contributed by atoms with E-state index in [0.717, 1.165) is 11.6 Å². The molecule has 1 saturated heterocycles. The topological polar surface area (TPSA) is 133 Å². The number of Topliss-reactive ketones (excluding diaryl/α,β-unsaturated/α-hetero) is 1. The number of amides is 2. The molecule has 45 heavy (non-hydrogen) atoms. The fourth-order valence-electron chi connectivity index (χ4n) is 4.78. The van der Waals surface area contributed by atoms with E-state index in [-0.39, 0.29) is 28.5 Å². The Morgan fingerprint density at radius 1 is 0.867 bits per heavy atom. The van der Waals surface area contributed by atoms with Crippen LogP contribution in [-0.4, -0.2) is 33.8 Å². The summed E-state index contributed by atoms with van der Waals surface area (Å²) < 4.78 is 5.87. The summed E-state index contributed by atoms with van der Waals surface area (Å²) in [5.41, 5.74) is 1.87. The average Bonchev–Trinajstić information content (AvgIpc) is 3.29. The van der Waals surface area contributed by atoms with Gasteiger partial charge in [0.1, 0.15) is 18.1 Å². The first-order valence-electron chi connectivity index (χ1n) is 13.5. The number of rotatable bonds is 9. The van der Waals surface area contributed by atoms with Crippen molar-refractivity contribution in [2.45, 2.75) is 12.6 Å². The van der Waals surface area contributed by atoms with Gasteiger partial charge in [0, 0.05) is 34.1 Å². The van der Waals surface area contributed by atoms with E-state index in [1.165, 1.54) is 35.2 Å². The fraction of sp³-hybridized carbons (Fsp3) is 0.0588. The van der Waals surface area contributed by atoms with Gasteiger partial charge in [0.2, 0.25) is 5.91 Å². The first kappa shape index (κ1) is 31.1. The molecule has 1 heterocycles. The number of carboxylic acid groups (broad SMARTS) is 1. The second-order valence-corrected chi connectivity index (χ2v) is 10.7. The van der Waals surface area contributed by atoms with Crippen LogP contribution in [0.25, 0.3) is 5.76 Å². The number of carbonyl (C=O) groups is 4. The Morgan fingerprint density at radius 2 is 1.60 bits per heavy atom. The van der Waals surface area contributed by atoms with Crippen molar-refractivity contribution >= 4 is 63.9 Å². The molecule has 5 rings (SSSR count). The quantitative estimate of drug-likeness (QED) is 0.104. The molecule has 9 nitrogen and oxygen atoms in total. The van der Waals surface area contributed by atoms with Crippen LogP contribution >= 0.6 is 23.2 Å². The summed E-state index contributed by atoms with van der Waals surface area (Å²) in [4.78, 5) is 51.2. The number of ketones is 1. The summed E-state index contributed by atoms with van der Waals surface area (Å²) in [5, 5.41) is 23.4. The van der Waals surface area contributed by atoms with Crippen molar-refractivity contribution in [3.8, 4) is 5.75 Å². The van der Waals surface area contributed by atoms with Crippen LogP contribution in [0.4, 0.5) is 11.4 Å². The number of nitrogens with one attached hydrogen (secondary N) is 1. The highest BCUT2D eigenvalue weighted by atomic mass is 35.5. The standard InChI is InChI=1S/C34H24Cl2N2O7/c35-23-11-9-21(10-12-23)31-30(32(42)22-7-4-8-24(17-22)37-28(39)15-16-29(40)41)33(43)34(44)38(31)25-13-14-27(26(36)18-25)45-19-20-5-2-1-3-6-20/h1-18,31,42H,19H2,(H,37,39)(H,40,41). The molecular weight excluding hydrogens is 619 g/mol. The van der Waals surface area contributed by atoms with Crippen molar-refractivity contribution in [1.82, 2.24) is 0 Å². The van der Waals surface area contributed by atoms with Crippen molar-refractivity contribution in [1.29, 1.82) is 0 Å². The van der Waals surface area contributed by atoms with Crippen molar-refractivity contribution in [2.75, 3.05) is 10.2 Å². The van der Waals surface area contributed by atoms with Crippen molar-refractivity contribution in [3.05, 3.63) is 142 Å². The van der Waals surface area contributed by atoms with Crippen molar-refractivity contribution < 1.29 is 34.1 Å². The maximum atomic E-state index is 13.6. The number of benzene rings is 4. The van der Waals surface area contributed by atoms with E-state index in [1.54, 1.807) is 36.4 Å². The minimum Gasteiger partial charge on any atom is -0.507 e. The first-order valence-corrected chi connectivity index (χ1v) is 14.2. The third kappa shape index (κ3) is 7.06. The predicted octanol–water partition coefficient (Wildman–Crippen LogP) is 6.78. The predicted molar refractivity (Wildman–Crippen MR) is 170 cm³/mol. The number of aliphatic hydroxyl groups excluding tert-OH is 1. The molecule has 1 atom stereocenters. The highest BCUT2D eigenvalue weighted by Gasteiger charge is 2.47. The third-order valence-corrected chi connectivity index (χ3v) is 7.39. The maximum absolute atomic E-state index is 13.6. The van der Waals surface area contributed by atoms with Gasteiger partial charge >= 0.3 is 5.97 Å². The molecule has 11 heteroatoms. The normalized spacial score (nSPS) is 15.8. The number of hydrogen-bond acceptors (Lipinski definition) is 6. The Morgan fingerprint density at radius 3 is 2.29 bits per heavy atom. The van der Waals surface area contributed by atoms with E-state index in [4.69, 9.17) is 33.0 Å². The largest absolute Gasteiger partial charge is 0.507 e. The maximum Gasteiger partial charge on any atom is 0.328 e. The monoisotopic (exact) mass is 642 g/mol. The first-order chi connectivity index (χ1) is 21.6. The van der Waals surface area contributed by atoms with Crippen LogP contribution in [0.3, 0.4) is 0 Å². The number of carboxylic acids is 1. The number of aliphatic carboxylic acids is 1. The van der Waals surface area contributed by atoms with Crippen molar-refractivity contribution in [3.63, 3.8) is 0 Å². The summed E-state index contributed by atoms with van der Waals surface area (Å²) in [5.74, 6) is -3.95. The zero-order chi connectivity index (χ0) is 32.1. The molecule has 1 aliphatic rings. The molecule has 0 bridgehead atoms. The number of nitrogens with zero attached hydrogens (tertiary/aromatic N) is 1. The average molecular weight is 643 g/mol. The van der Waals surface area contributed by atoms with Gasteiger partial charge in [-0.1, -0.05) is 77.8 Å². The van der Waals surface area contributed by atoms with Crippen LogP contribution < -0.4 is 15.0 Å². The Kier molecular flexibility index (Phi) is 9.32. The highest BCUT2D eigenvalue weighted by molar-refractivity contribution is 6.52. The molecule has 2 amide bonds. The highest BCUT2D eigenvalue weighted by Crippen LogP contribution is 2.44. The minimum atomic E-state index is -1.29. The summed E-state index contributed by atoms with van der Waals surface area (Å²) in [7, 11) is 0. The second kappa shape index (κ2) is 13.5. The number of anilines is 2. The zero-order valence-electron chi connectivity index (χ0n) is 23.3. The molecule has 0 aromatic heterocycles. The lowest BCUT2D eigenvalue weighted by atomic mass is 9.95. The zero-order valence-corrected chi connectivity index (χ0v) is 24.8. The van der Waals surface area contributed by atoms with Crippen LogP contribution in [-0.2, 0) is 25.8 Å². The molecule has 0 spiro atoms. The number of carbonyl (C=O) groups excluding carboxylic acids is 3. The lowest BCUT2D eigenvalue weighted by Gasteiger charge is -2.26. The lowest BCUT2D eigenvalue weighted by molar-refractivity contribution is -0.132. The molecule has 4 aromatic carbocycles. The summed E-state index contributed by atoms with van der Waals surface area (Å²) >= 11 is 12.7. The van der Waals surface area contributed by atoms with Gasteiger partial charge in [-0.3, -0.25) is 19.3 Å². The SMILES string of the molecule is O=C(O)C=CC(=O)Nc1cccc(C(O)=C2C(=O)C(=O)N(c3ccc(OCc4ccccc4)c(Cl)c3)C2c2ccc(Cl)cc2)c1. The number of aliphatic hydroxyl groups is 1. The van der Waals surface area contributed by atoms with Gasteiger partial charge < -0.3 is 20.3 Å². The Hall–Kier alpha value is -5.38. The van der Waals surface area contributed by atoms with E-state index in [1.807, 2.05) is 30.3 Å². The van der Waals surface area contributed by atoms with E-state index >= 15 is 0 Å². The Bertz CT molecular complexity index is 1850. The molecule has 4 aromatic rings. The lowest BCUT2D eigenvalue weighted by Crippen LogP contribution is -2.29. The van der Waals surface area contributed by atoms with Gasteiger partial charge in [-0.25, -0.2) is 4.79 Å². The number of hydrogen-bond donors (Lipinski definition) is 3.